The second-order valence-corrected chi connectivity index (χ2v) is 6.09. The Bertz CT molecular complexity index is 595. The van der Waals surface area contributed by atoms with Crippen molar-refractivity contribution < 1.29 is 4.79 Å². The van der Waals surface area contributed by atoms with Crippen LogP contribution in [-0.2, 0) is 0 Å². The predicted octanol–water partition coefficient (Wildman–Crippen LogP) is 2.20. The van der Waals surface area contributed by atoms with Crippen molar-refractivity contribution in [2.75, 3.05) is 27.2 Å². The van der Waals surface area contributed by atoms with Crippen molar-refractivity contribution >= 4 is 17.2 Å². The molecule has 6 heteroatoms. The van der Waals surface area contributed by atoms with E-state index in [0.29, 0.717) is 11.4 Å². The highest BCUT2D eigenvalue weighted by Gasteiger charge is 2.15. The summed E-state index contributed by atoms with van der Waals surface area (Å²) in [6.45, 7) is 3.50. The lowest BCUT2D eigenvalue weighted by molar-refractivity contribution is 0.0955. The molecular weight excluding hydrogens is 284 g/mol. The van der Waals surface area contributed by atoms with E-state index in [4.69, 9.17) is 0 Å². The molecule has 2 heterocycles. The molecule has 0 aromatic carbocycles. The lowest BCUT2D eigenvalue weighted by Crippen LogP contribution is -2.26. The predicted molar refractivity (Wildman–Crippen MR) is 85.6 cm³/mol. The van der Waals surface area contributed by atoms with Crippen LogP contribution in [0.1, 0.15) is 21.8 Å². The Morgan fingerprint density at radius 3 is 2.90 bits per heavy atom. The van der Waals surface area contributed by atoms with Gasteiger partial charge in [0.2, 0.25) is 0 Å². The van der Waals surface area contributed by atoms with Gasteiger partial charge >= 0.3 is 0 Å². The van der Waals surface area contributed by atoms with E-state index in [0.717, 1.165) is 29.2 Å². The van der Waals surface area contributed by atoms with Gasteiger partial charge in [-0.1, -0.05) is 0 Å². The molecule has 0 bridgehead atoms. The van der Waals surface area contributed by atoms with Crippen molar-refractivity contribution in [3.8, 4) is 10.6 Å². The summed E-state index contributed by atoms with van der Waals surface area (Å²) in [5.74, 6) is -0.0427. The minimum absolute atomic E-state index is 0.0427. The van der Waals surface area contributed by atoms with Crippen LogP contribution < -0.4 is 5.32 Å². The van der Waals surface area contributed by atoms with E-state index in [1.54, 1.807) is 12.4 Å². The summed E-state index contributed by atoms with van der Waals surface area (Å²) in [5.41, 5.74) is 1.71. The molecule has 0 spiro atoms. The standard InChI is InChI=1S/C15H20N4OS/c1-11-13(14(20)17-8-5-9-19(2)3)21-15(18-11)12-6-4-7-16-10-12/h4,6-7,10H,5,8-9H2,1-3H3,(H,17,20). The molecule has 0 aliphatic rings. The molecule has 1 N–H and O–H groups in total. The third-order valence-electron chi connectivity index (χ3n) is 2.98. The Kier molecular flexibility index (Phi) is 5.41. The molecule has 0 aliphatic heterocycles. The van der Waals surface area contributed by atoms with E-state index in [2.05, 4.69) is 20.2 Å². The number of pyridine rings is 1. The second kappa shape index (κ2) is 7.28. The summed E-state index contributed by atoms with van der Waals surface area (Å²) >= 11 is 1.41. The van der Waals surface area contributed by atoms with Gasteiger partial charge < -0.3 is 10.2 Å². The first kappa shape index (κ1) is 15.6. The number of carbonyl (C=O) groups excluding carboxylic acids is 1. The highest BCUT2D eigenvalue weighted by molar-refractivity contribution is 7.17. The highest BCUT2D eigenvalue weighted by Crippen LogP contribution is 2.27. The van der Waals surface area contributed by atoms with Crippen molar-refractivity contribution in [1.82, 2.24) is 20.2 Å². The number of aromatic nitrogens is 2. The van der Waals surface area contributed by atoms with Crippen molar-refractivity contribution in [2.45, 2.75) is 13.3 Å². The third kappa shape index (κ3) is 4.34. The van der Waals surface area contributed by atoms with Gasteiger partial charge in [-0.2, -0.15) is 0 Å². The molecule has 2 aromatic heterocycles. The molecule has 0 radical (unpaired) electrons. The average Bonchev–Trinajstić information content (AvgIpc) is 2.86. The van der Waals surface area contributed by atoms with Crippen molar-refractivity contribution in [3.63, 3.8) is 0 Å². The molecule has 0 saturated carbocycles. The van der Waals surface area contributed by atoms with Gasteiger partial charge in [-0.25, -0.2) is 4.98 Å². The normalized spacial score (nSPS) is 10.9. The van der Waals surface area contributed by atoms with Crippen molar-refractivity contribution in [1.29, 1.82) is 0 Å². The zero-order chi connectivity index (χ0) is 15.2. The molecular formula is C15H20N4OS. The van der Waals surface area contributed by atoms with E-state index >= 15 is 0 Å². The fourth-order valence-electron chi connectivity index (χ4n) is 1.90. The summed E-state index contributed by atoms with van der Waals surface area (Å²) in [7, 11) is 4.05. The monoisotopic (exact) mass is 304 g/mol. The number of nitrogens with zero attached hydrogens (tertiary/aromatic N) is 3. The number of rotatable bonds is 6. The van der Waals surface area contributed by atoms with Gasteiger partial charge in [0, 0.05) is 24.5 Å². The third-order valence-corrected chi connectivity index (χ3v) is 4.18. The van der Waals surface area contributed by atoms with Crippen LogP contribution in [0.2, 0.25) is 0 Å². The maximum absolute atomic E-state index is 12.2. The lowest BCUT2D eigenvalue weighted by Gasteiger charge is -2.09. The Morgan fingerprint density at radius 2 is 2.24 bits per heavy atom. The van der Waals surface area contributed by atoms with E-state index in [-0.39, 0.29) is 5.91 Å². The minimum Gasteiger partial charge on any atom is -0.351 e. The second-order valence-electron chi connectivity index (χ2n) is 5.09. The van der Waals surface area contributed by atoms with E-state index in [1.807, 2.05) is 33.2 Å². The summed E-state index contributed by atoms with van der Waals surface area (Å²) in [6, 6.07) is 3.82. The first-order valence-corrected chi connectivity index (χ1v) is 7.70. The lowest BCUT2D eigenvalue weighted by atomic mass is 10.3. The largest absolute Gasteiger partial charge is 0.351 e. The number of carbonyl (C=O) groups is 1. The Labute approximate surface area is 129 Å². The number of amides is 1. The zero-order valence-electron chi connectivity index (χ0n) is 12.6. The topological polar surface area (TPSA) is 58.1 Å². The SMILES string of the molecule is Cc1nc(-c2cccnc2)sc1C(=O)NCCCN(C)C. The fourth-order valence-corrected chi connectivity index (χ4v) is 2.87. The van der Waals surface area contributed by atoms with Crippen molar-refractivity contribution in [3.05, 3.63) is 35.1 Å². The molecule has 2 rings (SSSR count). The van der Waals surface area contributed by atoms with Crippen LogP contribution in [0.4, 0.5) is 0 Å². The molecule has 1 amide bonds. The number of hydrogen-bond donors (Lipinski definition) is 1. The molecule has 2 aromatic rings. The van der Waals surface area contributed by atoms with Crippen LogP contribution in [0.5, 0.6) is 0 Å². The maximum atomic E-state index is 12.2. The van der Waals surface area contributed by atoms with Crippen molar-refractivity contribution in [2.24, 2.45) is 0 Å². The van der Waals surface area contributed by atoms with Crippen LogP contribution >= 0.6 is 11.3 Å². The fraction of sp³-hybridized carbons (Fsp3) is 0.400. The average molecular weight is 304 g/mol. The Morgan fingerprint density at radius 1 is 1.43 bits per heavy atom. The minimum atomic E-state index is -0.0427. The van der Waals surface area contributed by atoms with Crippen LogP contribution in [-0.4, -0.2) is 48.0 Å². The summed E-state index contributed by atoms with van der Waals surface area (Å²) in [4.78, 5) is 23.5. The molecule has 112 valence electrons. The molecule has 0 saturated heterocycles. The van der Waals surface area contributed by atoms with Crippen LogP contribution in [0.25, 0.3) is 10.6 Å². The molecule has 21 heavy (non-hydrogen) atoms. The summed E-state index contributed by atoms with van der Waals surface area (Å²) in [5, 5.41) is 3.78. The van der Waals surface area contributed by atoms with Crippen LogP contribution in [0, 0.1) is 6.92 Å². The number of hydrogen-bond acceptors (Lipinski definition) is 5. The van der Waals surface area contributed by atoms with Gasteiger partial charge in [-0.3, -0.25) is 9.78 Å². The molecule has 0 aliphatic carbocycles. The van der Waals surface area contributed by atoms with Crippen LogP contribution in [0.3, 0.4) is 0 Å². The molecule has 0 unspecified atom stereocenters. The first-order chi connectivity index (χ1) is 10.1. The van der Waals surface area contributed by atoms with Gasteiger partial charge in [-0.05, 0) is 46.1 Å². The number of nitrogens with one attached hydrogen (secondary N) is 1. The summed E-state index contributed by atoms with van der Waals surface area (Å²) < 4.78 is 0. The smallest absolute Gasteiger partial charge is 0.263 e. The maximum Gasteiger partial charge on any atom is 0.263 e. The first-order valence-electron chi connectivity index (χ1n) is 6.88. The van der Waals surface area contributed by atoms with E-state index < -0.39 is 0 Å². The summed E-state index contributed by atoms with van der Waals surface area (Å²) in [6.07, 6.45) is 4.42. The quantitative estimate of drug-likeness (QED) is 0.831. The van der Waals surface area contributed by atoms with Gasteiger partial charge in [0.05, 0.1) is 5.69 Å². The highest BCUT2D eigenvalue weighted by atomic mass is 32.1. The van der Waals surface area contributed by atoms with E-state index in [9.17, 15) is 4.79 Å². The number of aryl methyl sites for hydroxylation is 1. The van der Waals surface area contributed by atoms with Gasteiger partial charge in [0.25, 0.3) is 5.91 Å². The van der Waals surface area contributed by atoms with Crippen LogP contribution in [0.15, 0.2) is 24.5 Å². The van der Waals surface area contributed by atoms with Gasteiger partial charge in [-0.15, -0.1) is 11.3 Å². The molecule has 0 fully saturated rings. The molecule has 0 atom stereocenters. The molecule has 5 nitrogen and oxygen atoms in total. The van der Waals surface area contributed by atoms with E-state index in [1.165, 1.54) is 11.3 Å². The Hall–Kier alpha value is -1.79. The van der Waals surface area contributed by atoms with Gasteiger partial charge in [0.1, 0.15) is 9.88 Å². The number of thiazole rings is 1. The zero-order valence-corrected chi connectivity index (χ0v) is 13.4. The Balaban J connectivity index is 2.00. The van der Waals surface area contributed by atoms with Gasteiger partial charge in [0.15, 0.2) is 0 Å².